The topological polar surface area (TPSA) is 50.2 Å². The summed E-state index contributed by atoms with van der Waals surface area (Å²) in [4.78, 5) is 14.7. The largest absolute Gasteiger partial charge is 0.481 e. The van der Waals surface area contributed by atoms with Gasteiger partial charge in [0.1, 0.15) is 5.69 Å². The van der Waals surface area contributed by atoms with Crippen molar-refractivity contribution >= 4 is 5.97 Å². The Morgan fingerprint density at radius 3 is 2.53 bits per heavy atom. The Hall–Kier alpha value is -2.60. The van der Waals surface area contributed by atoms with Crippen LogP contribution in [0.5, 0.6) is 0 Å². The minimum absolute atomic E-state index is 0.122. The fourth-order valence-corrected chi connectivity index (χ4v) is 1.56. The second-order valence-electron chi connectivity index (χ2n) is 4.06. The molecule has 1 aromatic heterocycles. The molecule has 0 atom stereocenters. The van der Waals surface area contributed by atoms with Gasteiger partial charge in [0.05, 0.1) is 0 Å². The van der Waals surface area contributed by atoms with Crippen LogP contribution in [0.1, 0.15) is 23.2 Å². The van der Waals surface area contributed by atoms with Crippen molar-refractivity contribution in [1.29, 1.82) is 0 Å². The van der Waals surface area contributed by atoms with Crippen molar-refractivity contribution in [3.8, 4) is 11.8 Å². The van der Waals surface area contributed by atoms with Gasteiger partial charge in [0, 0.05) is 18.2 Å². The number of hydrogen-bond donors (Lipinski definition) is 1. The van der Waals surface area contributed by atoms with Gasteiger partial charge >= 0.3 is 5.97 Å². The lowest BCUT2D eigenvalue weighted by molar-refractivity contribution is -0.136. The first-order valence-corrected chi connectivity index (χ1v) is 5.98. The van der Waals surface area contributed by atoms with Crippen molar-refractivity contribution in [2.45, 2.75) is 12.8 Å². The van der Waals surface area contributed by atoms with Crippen LogP contribution in [0.2, 0.25) is 0 Å². The van der Waals surface area contributed by atoms with Crippen LogP contribution >= 0.6 is 0 Å². The monoisotopic (exact) mass is 251 g/mol. The molecular formula is C16H13NO2. The SMILES string of the molecule is O=C(O)CCc1ccc(C#Cc2ccccc2)nc1. The predicted molar refractivity (Wildman–Crippen MR) is 72.6 cm³/mol. The molecule has 0 saturated carbocycles. The number of aryl methyl sites for hydroxylation is 1. The molecule has 0 spiro atoms. The molecule has 2 aromatic rings. The third kappa shape index (κ3) is 4.29. The molecule has 0 amide bonds. The predicted octanol–water partition coefficient (Wildman–Crippen LogP) is 2.50. The molecule has 3 heteroatoms. The Morgan fingerprint density at radius 1 is 1.11 bits per heavy atom. The minimum Gasteiger partial charge on any atom is -0.481 e. The average Bonchev–Trinajstić information content (AvgIpc) is 2.45. The van der Waals surface area contributed by atoms with Crippen LogP contribution in [0.4, 0.5) is 0 Å². The number of benzene rings is 1. The molecule has 0 unspecified atom stereocenters. The first-order chi connectivity index (χ1) is 9.24. The zero-order valence-corrected chi connectivity index (χ0v) is 10.3. The number of pyridine rings is 1. The zero-order valence-electron chi connectivity index (χ0n) is 10.3. The molecule has 0 bridgehead atoms. The van der Waals surface area contributed by atoms with Crippen molar-refractivity contribution in [1.82, 2.24) is 4.98 Å². The van der Waals surface area contributed by atoms with E-state index in [-0.39, 0.29) is 6.42 Å². The van der Waals surface area contributed by atoms with Gasteiger partial charge < -0.3 is 5.11 Å². The summed E-state index contributed by atoms with van der Waals surface area (Å²) in [5.74, 6) is 5.20. The maximum absolute atomic E-state index is 10.5. The van der Waals surface area contributed by atoms with Gasteiger partial charge in [-0.05, 0) is 36.1 Å². The third-order valence-corrected chi connectivity index (χ3v) is 2.56. The summed E-state index contributed by atoms with van der Waals surface area (Å²) in [6, 6.07) is 13.4. The number of carboxylic acids is 1. The summed E-state index contributed by atoms with van der Waals surface area (Å²) < 4.78 is 0. The molecule has 1 N–H and O–H groups in total. The second kappa shape index (κ2) is 6.36. The normalized spacial score (nSPS) is 9.47. The van der Waals surface area contributed by atoms with Crippen molar-refractivity contribution in [2.75, 3.05) is 0 Å². The summed E-state index contributed by atoms with van der Waals surface area (Å²) in [5, 5.41) is 8.60. The summed E-state index contributed by atoms with van der Waals surface area (Å²) >= 11 is 0. The van der Waals surface area contributed by atoms with Crippen molar-refractivity contribution in [2.24, 2.45) is 0 Å². The number of hydrogen-bond acceptors (Lipinski definition) is 2. The van der Waals surface area contributed by atoms with Crippen LogP contribution in [0.25, 0.3) is 0 Å². The fraction of sp³-hybridized carbons (Fsp3) is 0.125. The lowest BCUT2D eigenvalue weighted by Crippen LogP contribution is -1.98. The highest BCUT2D eigenvalue weighted by atomic mass is 16.4. The van der Waals surface area contributed by atoms with Crippen LogP contribution in [0.3, 0.4) is 0 Å². The van der Waals surface area contributed by atoms with Crippen LogP contribution < -0.4 is 0 Å². The van der Waals surface area contributed by atoms with Gasteiger partial charge in [-0.1, -0.05) is 30.2 Å². The molecule has 0 aliphatic carbocycles. The molecular weight excluding hydrogens is 238 g/mol. The Balaban J connectivity index is 2.03. The van der Waals surface area contributed by atoms with Gasteiger partial charge in [-0.3, -0.25) is 4.79 Å². The number of nitrogens with zero attached hydrogens (tertiary/aromatic N) is 1. The molecule has 0 fully saturated rings. The molecule has 0 aliphatic heterocycles. The quantitative estimate of drug-likeness (QED) is 0.853. The zero-order chi connectivity index (χ0) is 13.5. The van der Waals surface area contributed by atoms with E-state index < -0.39 is 5.97 Å². The van der Waals surface area contributed by atoms with Crippen LogP contribution in [0, 0.1) is 11.8 Å². The van der Waals surface area contributed by atoms with E-state index in [1.54, 1.807) is 6.20 Å². The second-order valence-corrected chi connectivity index (χ2v) is 4.06. The first-order valence-electron chi connectivity index (χ1n) is 5.98. The van der Waals surface area contributed by atoms with Gasteiger partial charge in [0.15, 0.2) is 0 Å². The Labute approximate surface area is 111 Å². The van der Waals surface area contributed by atoms with Crippen molar-refractivity contribution in [3.05, 3.63) is 65.5 Å². The van der Waals surface area contributed by atoms with E-state index in [4.69, 9.17) is 5.11 Å². The van der Waals surface area contributed by atoms with Gasteiger partial charge in [0.2, 0.25) is 0 Å². The summed E-state index contributed by atoms with van der Waals surface area (Å²) in [7, 11) is 0. The maximum Gasteiger partial charge on any atom is 0.303 e. The molecule has 0 saturated heterocycles. The minimum atomic E-state index is -0.798. The van der Waals surface area contributed by atoms with E-state index in [0.29, 0.717) is 12.1 Å². The van der Waals surface area contributed by atoms with E-state index in [1.807, 2.05) is 42.5 Å². The summed E-state index contributed by atoms with van der Waals surface area (Å²) in [6.07, 6.45) is 2.30. The van der Waals surface area contributed by atoms with Crippen molar-refractivity contribution in [3.63, 3.8) is 0 Å². The molecule has 1 heterocycles. The molecule has 94 valence electrons. The first kappa shape index (κ1) is 12.8. The average molecular weight is 251 g/mol. The highest BCUT2D eigenvalue weighted by Gasteiger charge is 1.99. The Kier molecular flexibility index (Phi) is 4.30. The van der Waals surface area contributed by atoms with E-state index in [2.05, 4.69) is 16.8 Å². The van der Waals surface area contributed by atoms with Gasteiger partial charge in [-0.15, -0.1) is 0 Å². The Bertz CT molecular complexity index is 607. The van der Waals surface area contributed by atoms with E-state index in [0.717, 1.165) is 11.1 Å². The van der Waals surface area contributed by atoms with Gasteiger partial charge in [-0.2, -0.15) is 0 Å². The molecule has 0 radical (unpaired) electrons. The highest BCUT2D eigenvalue weighted by molar-refractivity contribution is 5.67. The lowest BCUT2D eigenvalue weighted by Gasteiger charge is -1.97. The van der Waals surface area contributed by atoms with Crippen molar-refractivity contribution < 1.29 is 9.90 Å². The molecule has 0 aliphatic rings. The van der Waals surface area contributed by atoms with Crippen LogP contribution in [-0.4, -0.2) is 16.1 Å². The number of aromatic nitrogens is 1. The summed E-state index contributed by atoms with van der Waals surface area (Å²) in [6.45, 7) is 0. The number of rotatable bonds is 3. The number of carbonyl (C=O) groups is 1. The van der Waals surface area contributed by atoms with Gasteiger partial charge in [-0.25, -0.2) is 4.98 Å². The fourth-order valence-electron chi connectivity index (χ4n) is 1.56. The molecule has 2 rings (SSSR count). The lowest BCUT2D eigenvalue weighted by atomic mass is 10.1. The number of aliphatic carboxylic acids is 1. The van der Waals surface area contributed by atoms with Crippen LogP contribution in [-0.2, 0) is 11.2 Å². The summed E-state index contributed by atoms with van der Waals surface area (Å²) in [5.41, 5.74) is 2.54. The molecule has 1 aromatic carbocycles. The van der Waals surface area contributed by atoms with E-state index >= 15 is 0 Å². The standard InChI is InChI=1S/C16H13NO2/c18-16(19)11-8-14-7-10-15(17-12-14)9-6-13-4-2-1-3-5-13/h1-5,7,10,12H,8,11H2,(H,18,19). The van der Waals surface area contributed by atoms with Crippen LogP contribution in [0.15, 0.2) is 48.7 Å². The van der Waals surface area contributed by atoms with E-state index in [1.165, 1.54) is 0 Å². The Morgan fingerprint density at radius 2 is 1.89 bits per heavy atom. The smallest absolute Gasteiger partial charge is 0.303 e. The van der Waals surface area contributed by atoms with Gasteiger partial charge in [0.25, 0.3) is 0 Å². The maximum atomic E-state index is 10.5. The number of carboxylic acid groups (broad SMARTS) is 1. The molecule has 3 nitrogen and oxygen atoms in total. The highest BCUT2D eigenvalue weighted by Crippen LogP contribution is 2.03. The van der Waals surface area contributed by atoms with E-state index in [9.17, 15) is 4.79 Å². The third-order valence-electron chi connectivity index (χ3n) is 2.56. The molecule has 19 heavy (non-hydrogen) atoms.